The fourth-order valence-corrected chi connectivity index (χ4v) is 2.83. The van der Waals surface area contributed by atoms with E-state index in [1.807, 2.05) is 6.92 Å². The molecule has 1 aliphatic rings. The third-order valence-corrected chi connectivity index (χ3v) is 3.77. The molecule has 2 aromatic heterocycles. The van der Waals surface area contributed by atoms with Gasteiger partial charge in [-0.3, -0.25) is 9.59 Å². The van der Waals surface area contributed by atoms with Crippen LogP contribution < -0.4 is 5.56 Å². The topological polar surface area (TPSA) is 79.2 Å². The summed E-state index contributed by atoms with van der Waals surface area (Å²) in [4.78, 5) is 32.5. The number of aromatic amines is 1. The van der Waals surface area contributed by atoms with E-state index in [1.165, 1.54) is 6.33 Å². The maximum Gasteiger partial charge on any atom is 0.290 e. The van der Waals surface area contributed by atoms with Crippen LogP contribution in [0.5, 0.6) is 0 Å². The van der Waals surface area contributed by atoms with Gasteiger partial charge in [-0.2, -0.15) is 0 Å². The van der Waals surface area contributed by atoms with Crippen molar-refractivity contribution in [3.05, 3.63) is 50.0 Å². The van der Waals surface area contributed by atoms with Crippen LogP contribution in [0.2, 0.25) is 0 Å². The molecule has 6 nitrogen and oxygen atoms in total. The molecule has 104 valence electrons. The lowest BCUT2D eigenvalue weighted by atomic mass is 10.1. The van der Waals surface area contributed by atoms with Gasteiger partial charge in [-0.1, -0.05) is 0 Å². The first-order valence-corrected chi connectivity index (χ1v) is 6.96. The summed E-state index contributed by atoms with van der Waals surface area (Å²) in [7, 11) is 0. The van der Waals surface area contributed by atoms with Crippen LogP contribution in [0.3, 0.4) is 0 Å². The Hall–Kier alpha value is -1.89. The van der Waals surface area contributed by atoms with Crippen LogP contribution in [0.25, 0.3) is 0 Å². The summed E-state index contributed by atoms with van der Waals surface area (Å²) in [5.41, 5.74) is 1.89. The van der Waals surface area contributed by atoms with Crippen molar-refractivity contribution in [3.8, 4) is 0 Å². The third-order valence-electron chi connectivity index (χ3n) is 3.38. The second-order valence-corrected chi connectivity index (χ2v) is 5.48. The minimum Gasteiger partial charge on any atom is -0.444 e. The number of furan rings is 1. The van der Waals surface area contributed by atoms with E-state index in [2.05, 4.69) is 25.9 Å². The van der Waals surface area contributed by atoms with Gasteiger partial charge >= 0.3 is 0 Å². The molecule has 0 atom stereocenters. The fourth-order valence-electron chi connectivity index (χ4n) is 2.33. The Morgan fingerprint density at radius 2 is 2.35 bits per heavy atom. The molecule has 3 heterocycles. The molecule has 0 aromatic carbocycles. The Morgan fingerprint density at radius 3 is 3.05 bits per heavy atom. The van der Waals surface area contributed by atoms with Crippen molar-refractivity contribution < 1.29 is 9.21 Å². The molecule has 0 radical (unpaired) electrons. The second kappa shape index (κ2) is 4.90. The number of hydrogen-bond donors (Lipinski definition) is 1. The molecule has 0 spiro atoms. The highest BCUT2D eigenvalue weighted by molar-refractivity contribution is 9.10. The number of amides is 1. The lowest BCUT2D eigenvalue weighted by molar-refractivity contribution is 0.0698. The first kappa shape index (κ1) is 13.1. The second-order valence-electron chi connectivity index (χ2n) is 4.70. The highest BCUT2D eigenvalue weighted by Gasteiger charge is 2.27. The Morgan fingerprint density at radius 1 is 1.55 bits per heavy atom. The maximum atomic E-state index is 12.4. The predicted octanol–water partition coefficient (Wildman–Crippen LogP) is 1.63. The van der Waals surface area contributed by atoms with Gasteiger partial charge in [-0.05, 0) is 28.9 Å². The summed E-state index contributed by atoms with van der Waals surface area (Å²) in [5.74, 6) is 0.0998. The minimum atomic E-state index is -0.206. The van der Waals surface area contributed by atoms with Gasteiger partial charge in [0.15, 0.2) is 10.4 Å². The predicted molar refractivity (Wildman–Crippen MR) is 74.4 cm³/mol. The van der Waals surface area contributed by atoms with Crippen LogP contribution in [0.15, 0.2) is 26.3 Å². The van der Waals surface area contributed by atoms with Crippen molar-refractivity contribution in [2.45, 2.75) is 19.9 Å². The highest BCUT2D eigenvalue weighted by Crippen LogP contribution is 2.23. The summed E-state index contributed by atoms with van der Waals surface area (Å²) in [6.07, 6.45) is 1.97. The molecule has 1 amide bonds. The number of nitrogens with zero attached hydrogens (tertiary/aromatic N) is 2. The van der Waals surface area contributed by atoms with Gasteiger partial charge in [0, 0.05) is 18.5 Å². The zero-order chi connectivity index (χ0) is 14.3. The van der Waals surface area contributed by atoms with Gasteiger partial charge in [0.05, 0.1) is 24.1 Å². The van der Waals surface area contributed by atoms with Crippen molar-refractivity contribution >= 4 is 21.8 Å². The number of halogens is 1. The van der Waals surface area contributed by atoms with Gasteiger partial charge in [-0.15, -0.1) is 0 Å². The molecule has 1 N–H and O–H groups in total. The molecule has 20 heavy (non-hydrogen) atoms. The highest BCUT2D eigenvalue weighted by atomic mass is 79.9. The van der Waals surface area contributed by atoms with Crippen LogP contribution in [0.4, 0.5) is 0 Å². The van der Waals surface area contributed by atoms with E-state index < -0.39 is 0 Å². The summed E-state index contributed by atoms with van der Waals surface area (Å²) in [5, 5.41) is 0. The molecule has 0 saturated carbocycles. The van der Waals surface area contributed by atoms with Gasteiger partial charge < -0.3 is 14.3 Å². The SMILES string of the molecule is Cc1cc(Br)oc1C(=O)N1CCc2nc[nH]c(=O)c2C1. The van der Waals surface area contributed by atoms with Crippen molar-refractivity contribution in [1.82, 2.24) is 14.9 Å². The molecule has 0 unspecified atom stereocenters. The minimum absolute atomic E-state index is 0.190. The largest absolute Gasteiger partial charge is 0.444 e. The average Bonchev–Trinajstić information content (AvgIpc) is 2.77. The summed E-state index contributed by atoms with van der Waals surface area (Å²) < 4.78 is 5.89. The lowest BCUT2D eigenvalue weighted by Gasteiger charge is -2.26. The Kier molecular flexibility index (Phi) is 3.21. The van der Waals surface area contributed by atoms with Gasteiger partial charge in [0.2, 0.25) is 0 Å². The van der Waals surface area contributed by atoms with E-state index in [0.29, 0.717) is 29.0 Å². The fraction of sp³-hybridized carbons (Fsp3) is 0.308. The van der Waals surface area contributed by atoms with Gasteiger partial charge in [0.1, 0.15) is 0 Å². The molecule has 3 rings (SSSR count). The van der Waals surface area contributed by atoms with Crippen molar-refractivity contribution in [2.75, 3.05) is 6.54 Å². The molecular formula is C13H12BrN3O3. The van der Waals surface area contributed by atoms with Crippen molar-refractivity contribution in [2.24, 2.45) is 0 Å². The van der Waals surface area contributed by atoms with Crippen molar-refractivity contribution in [1.29, 1.82) is 0 Å². The Labute approximate surface area is 122 Å². The first-order chi connectivity index (χ1) is 9.56. The Bertz CT molecular complexity index is 735. The number of nitrogens with one attached hydrogen (secondary N) is 1. The number of aryl methyl sites for hydroxylation is 1. The normalized spacial score (nSPS) is 14.2. The lowest BCUT2D eigenvalue weighted by Crippen LogP contribution is -2.39. The first-order valence-electron chi connectivity index (χ1n) is 6.17. The van der Waals surface area contributed by atoms with Crippen LogP contribution in [-0.4, -0.2) is 27.3 Å². The van der Waals surface area contributed by atoms with Crippen LogP contribution in [0.1, 0.15) is 27.4 Å². The van der Waals surface area contributed by atoms with Crippen LogP contribution in [0, 0.1) is 6.92 Å². The van der Waals surface area contributed by atoms with Crippen LogP contribution in [-0.2, 0) is 13.0 Å². The van der Waals surface area contributed by atoms with E-state index >= 15 is 0 Å². The number of rotatable bonds is 1. The molecule has 7 heteroatoms. The molecule has 1 aliphatic heterocycles. The zero-order valence-electron chi connectivity index (χ0n) is 10.8. The monoisotopic (exact) mass is 337 g/mol. The van der Waals surface area contributed by atoms with Gasteiger partial charge in [-0.25, -0.2) is 4.98 Å². The summed E-state index contributed by atoms with van der Waals surface area (Å²) >= 11 is 3.21. The molecule has 0 bridgehead atoms. The number of aromatic nitrogens is 2. The van der Waals surface area contributed by atoms with Crippen LogP contribution >= 0.6 is 15.9 Å². The standard InChI is InChI=1S/C13H12BrN3O3/c1-7-4-10(14)20-11(7)13(19)17-3-2-9-8(5-17)12(18)16-6-15-9/h4,6H,2-3,5H2,1H3,(H,15,16,18). The molecule has 2 aromatic rings. The zero-order valence-corrected chi connectivity index (χ0v) is 12.4. The molecular weight excluding hydrogens is 326 g/mol. The van der Waals surface area contributed by atoms with Gasteiger partial charge in [0.25, 0.3) is 11.5 Å². The van der Waals surface area contributed by atoms with Crippen molar-refractivity contribution in [3.63, 3.8) is 0 Å². The average molecular weight is 338 g/mol. The quantitative estimate of drug-likeness (QED) is 0.857. The Balaban J connectivity index is 1.91. The number of carbonyl (C=O) groups excluding carboxylic acids is 1. The number of carbonyl (C=O) groups is 1. The molecule has 0 saturated heterocycles. The maximum absolute atomic E-state index is 12.4. The van der Waals surface area contributed by atoms with E-state index in [4.69, 9.17) is 4.42 Å². The molecule has 0 aliphatic carbocycles. The number of H-pyrrole nitrogens is 1. The third kappa shape index (κ3) is 2.18. The van der Waals surface area contributed by atoms with E-state index in [9.17, 15) is 9.59 Å². The molecule has 0 fully saturated rings. The summed E-state index contributed by atoms with van der Waals surface area (Å²) in [6.45, 7) is 2.60. The van der Waals surface area contributed by atoms with E-state index in [1.54, 1.807) is 11.0 Å². The van der Waals surface area contributed by atoms with E-state index in [0.717, 1.165) is 11.3 Å². The van der Waals surface area contributed by atoms with E-state index in [-0.39, 0.29) is 18.0 Å². The number of hydrogen-bond acceptors (Lipinski definition) is 4. The summed E-state index contributed by atoms with van der Waals surface area (Å²) in [6, 6.07) is 1.75. The number of fused-ring (bicyclic) bond motifs is 1. The smallest absolute Gasteiger partial charge is 0.290 e.